The smallest absolute Gasteiger partial charge is 0.390 e. The second-order valence-corrected chi connectivity index (χ2v) is 4.44. The van der Waals surface area contributed by atoms with Crippen molar-refractivity contribution in [3.63, 3.8) is 0 Å². The van der Waals surface area contributed by atoms with Gasteiger partial charge in [0.1, 0.15) is 0 Å². The molecule has 106 valence electrons. The Kier molecular flexibility index (Phi) is 4.38. The molecule has 2 unspecified atom stereocenters. The molecule has 0 aliphatic carbocycles. The van der Waals surface area contributed by atoms with Crippen LogP contribution in [0.15, 0.2) is 36.7 Å². The van der Waals surface area contributed by atoms with E-state index >= 15 is 0 Å². The predicted molar refractivity (Wildman–Crippen MR) is 70.8 cm³/mol. The van der Waals surface area contributed by atoms with Crippen molar-refractivity contribution in [1.82, 2.24) is 14.8 Å². The van der Waals surface area contributed by atoms with E-state index in [-0.39, 0.29) is 6.54 Å². The van der Waals surface area contributed by atoms with Gasteiger partial charge in [-0.25, -0.2) is 0 Å². The van der Waals surface area contributed by atoms with Crippen molar-refractivity contribution in [2.24, 2.45) is 5.73 Å². The number of hydrogen-bond donors (Lipinski definition) is 2. The van der Waals surface area contributed by atoms with Gasteiger partial charge in [0.25, 0.3) is 0 Å². The normalized spacial score (nSPS) is 13.9. The first-order valence-electron chi connectivity index (χ1n) is 6.07. The van der Waals surface area contributed by atoms with Gasteiger partial charge in [0.05, 0.1) is 12.6 Å². The summed E-state index contributed by atoms with van der Waals surface area (Å²) in [5.41, 5.74) is 6.94. The lowest BCUT2D eigenvalue weighted by Crippen LogP contribution is -2.39. The van der Waals surface area contributed by atoms with Gasteiger partial charge in [0.15, 0.2) is 0 Å². The molecule has 2 atom stereocenters. The predicted octanol–water partition coefficient (Wildman–Crippen LogP) is 0.117. The van der Waals surface area contributed by atoms with Gasteiger partial charge in [-0.2, -0.15) is 4.68 Å². The highest BCUT2D eigenvalue weighted by molar-refractivity contribution is 5.16. The summed E-state index contributed by atoms with van der Waals surface area (Å²) < 4.78 is 1.22. The fraction of sp³-hybridized carbons (Fsp3) is 0.333. The van der Waals surface area contributed by atoms with Gasteiger partial charge in [-0.1, -0.05) is 35.3 Å². The van der Waals surface area contributed by atoms with Crippen LogP contribution in [0.5, 0.6) is 0 Å². The van der Waals surface area contributed by atoms with Gasteiger partial charge in [-0.3, -0.25) is 0 Å². The standard InChI is InChI=1S/C12H15N5O3/c13-10(6-9-4-2-1-3-5-9)11(18)7-16-8-14-12(15-16)17(19)20/h1-5,8,10-11,18H,6-7,13H2. The van der Waals surface area contributed by atoms with Gasteiger partial charge < -0.3 is 21.0 Å². The van der Waals surface area contributed by atoms with E-state index < -0.39 is 23.0 Å². The summed E-state index contributed by atoms with van der Waals surface area (Å²) in [5, 5.41) is 24.1. The number of benzene rings is 1. The average molecular weight is 277 g/mol. The maximum absolute atomic E-state index is 10.5. The third-order valence-corrected chi connectivity index (χ3v) is 2.87. The summed E-state index contributed by atoms with van der Waals surface area (Å²) in [5.74, 6) is -0.492. The SMILES string of the molecule is NC(Cc1ccccc1)C(O)Cn1cnc([N+](=O)[O-])n1. The van der Waals surface area contributed by atoms with E-state index in [1.54, 1.807) is 0 Å². The highest BCUT2D eigenvalue weighted by Gasteiger charge is 2.20. The molecule has 1 aromatic heterocycles. The summed E-state index contributed by atoms with van der Waals surface area (Å²) in [4.78, 5) is 13.3. The second-order valence-electron chi connectivity index (χ2n) is 4.44. The first-order chi connectivity index (χ1) is 9.56. The Balaban J connectivity index is 1.93. The Bertz CT molecular complexity index is 571. The lowest BCUT2D eigenvalue weighted by atomic mass is 10.0. The monoisotopic (exact) mass is 277 g/mol. The quantitative estimate of drug-likeness (QED) is 0.571. The summed E-state index contributed by atoms with van der Waals surface area (Å²) in [6.07, 6.45) is 0.853. The summed E-state index contributed by atoms with van der Waals surface area (Å²) in [6, 6.07) is 9.06. The Labute approximate surface area is 115 Å². The van der Waals surface area contributed by atoms with Gasteiger partial charge in [-0.15, -0.1) is 0 Å². The molecule has 1 aromatic carbocycles. The highest BCUT2D eigenvalue weighted by atomic mass is 16.6. The van der Waals surface area contributed by atoms with Crippen molar-refractivity contribution in [3.8, 4) is 0 Å². The van der Waals surface area contributed by atoms with E-state index in [4.69, 9.17) is 5.73 Å². The molecule has 0 bridgehead atoms. The van der Waals surface area contributed by atoms with Crippen molar-refractivity contribution in [1.29, 1.82) is 0 Å². The van der Waals surface area contributed by atoms with E-state index in [1.165, 1.54) is 11.0 Å². The van der Waals surface area contributed by atoms with Crippen LogP contribution in [-0.2, 0) is 13.0 Å². The van der Waals surface area contributed by atoms with Gasteiger partial charge in [0.2, 0.25) is 6.33 Å². The molecule has 0 amide bonds. The molecule has 2 rings (SSSR count). The number of aromatic nitrogens is 3. The molecule has 1 heterocycles. The van der Waals surface area contributed by atoms with Crippen molar-refractivity contribution >= 4 is 5.95 Å². The molecule has 0 aliphatic heterocycles. The molecule has 0 spiro atoms. The minimum atomic E-state index is -0.864. The zero-order chi connectivity index (χ0) is 14.5. The third-order valence-electron chi connectivity index (χ3n) is 2.87. The maximum Gasteiger partial charge on any atom is 0.490 e. The largest absolute Gasteiger partial charge is 0.490 e. The lowest BCUT2D eigenvalue weighted by Gasteiger charge is -2.17. The number of nitro groups is 1. The molecule has 0 saturated heterocycles. The Morgan fingerprint density at radius 1 is 1.40 bits per heavy atom. The van der Waals surface area contributed by atoms with Crippen LogP contribution in [0, 0.1) is 10.1 Å². The van der Waals surface area contributed by atoms with Crippen LogP contribution in [0.1, 0.15) is 5.56 Å². The highest BCUT2D eigenvalue weighted by Crippen LogP contribution is 2.07. The Morgan fingerprint density at radius 3 is 2.70 bits per heavy atom. The molecule has 0 radical (unpaired) electrons. The van der Waals surface area contributed by atoms with Gasteiger partial charge in [0, 0.05) is 11.1 Å². The molecule has 0 fully saturated rings. The van der Waals surface area contributed by atoms with Gasteiger partial charge in [-0.05, 0) is 16.9 Å². The summed E-state index contributed by atoms with van der Waals surface area (Å²) >= 11 is 0. The first kappa shape index (κ1) is 14.1. The fourth-order valence-corrected chi connectivity index (χ4v) is 1.81. The summed E-state index contributed by atoms with van der Waals surface area (Å²) in [7, 11) is 0. The van der Waals surface area contributed by atoms with E-state index in [9.17, 15) is 15.2 Å². The first-order valence-corrected chi connectivity index (χ1v) is 6.07. The number of nitrogens with zero attached hydrogens (tertiary/aromatic N) is 4. The van der Waals surface area contributed by atoms with Crippen LogP contribution in [0.25, 0.3) is 0 Å². The summed E-state index contributed by atoms with van der Waals surface area (Å²) in [6.45, 7) is 0.0643. The van der Waals surface area contributed by atoms with Crippen molar-refractivity contribution < 1.29 is 10.0 Å². The van der Waals surface area contributed by atoms with Crippen molar-refractivity contribution in [2.75, 3.05) is 0 Å². The van der Waals surface area contributed by atoms with E-state index in [1.807, 2.05) is 30.3 Å². The van der Waals surface area contributed by atoms with Crippen LogP contribution < -0.4 is 5.73 Å². The number of nitrogens with two attached hydrogens (primary N) is 1. The van der Waals surface area contributed by atoms with Crippen LogP contribution in [0.2, 0.25) is 0 Å². The molecular formula is C12H15N5O3. The van der Waals surface area contributed by atoms with Crippen LogP contribution in [0.3, 0.4) is 0 Å². The fourth-order valence-electron chi connectivity index (χ4n) is 1.81. The van der Waals surface area contributed by atoms with E-state index in [0.717, 1.165) is 5.56 Å². The van der Waals surface area contributed by atoms with Gasteiger partial charge >= 0.3 is 5.95 Å². The molecule has 2 aromatic rings. The molecule has 0 saturated carbocycles. The van der Waals surface area contributed by atoms with E-state index in [2.05, 4.69) is 10.1 Å². The Hall–Kier alpha value is -2.32. The second kappa shape index (κ2) is 6.22. The molecule has 20 heavy (non-hydrogen) atoms. The average Bonchev–Trinajstić information content (AvgIpc) is 2.88. The zero-order valence-electron chi connectivity index (χ0n) is 10.7. The molecular weight excluding hydrogens is 262 g/mol. The lowest BCUT2D eigenvalue weighted by molar-refractivity contribution is -0.394. The van der Waals surface area contributed by atoms with Crippen LogP contribution in [0.4, 0.5) is 5.95 Å². The minimum absolute atomic E-state index is 0.0643. The number of aliphatic hydroxyl groups is 1. The number of rotatable bonds is 6. The number of hydrogen-bond acceptors (Lipinski definition) is 6. The molecule has 0 aliphatic rings. The molecule has 3 N–H and O–H groups in total. The minimum Gasteiger partial charge on any atom is -0.390 e. The molecule has 8 heteroatoms. The van der Waals surface area contributed by atoms with Crippen LogP contribution >= 0.6 is 0 Å². The maximum atomic E-state index is 10.5. The van der Waals surface area contributed by atoms with E-state index in [0.29, 0.717) is 6.42 Å². The van der Waals surface area contributed by atoms with Crippen molar-refractivity contribution in [2.45, 2.75) is 25.1 Å². The van der Waals surface area contributed by atoms with Crippen molar-refractivity contribution in [3.05, 3.63) is 52.3 Å². The molecule has 8 nitrogen and oxygen atoms in total. The number of aliphatic hydroxyl groups excluding tert-OH is 1. The zero-order valence-corrected chi connectivity index (χ0v) is 10.7. The topological polar surface area (TPSA) is 120 Å². The Morgan fingerprint density at radius 2 is 2.10 bits per heavy atom. The van der Waals surface area contributed by atoms with Crippen LogP contribution in [-0.4, -0.2) is 36.9 Å². The third kappa shape index (κ3) is 3.59.